The van der Waals surface area contributed by atoms with Crippen molar-refractivity contribution in [3.8, 4) is 0 Å². The number of nitrogens with one attached hydrogen (secondary N) is 2. The Morgan fingerprint density at radius 2 is 1.94 bits per heavy atom. The van der Waals surface area contributed by atoms with E-state index in [1.807, 2.05) is 43.5 Å². The van der Waals surface area contributed by atoms with Gasteiger partial charge in [-0.15, -0.1) is 10.2 Å². The number of aryl methyl sites for hydroxylation is 2. The molecular formula is C23H26N6O4S. The number of rotatable bonds is 9. The minimum Gasteiger partial charge on any atom is -0.342 e. The molecule has 2 amide bonds. The monoisotopic (exact) mass is 482 g/mol. The number of thioether (sulfide) groups is 1. The second kappa shape index (κ2) is 10.9. The highest BCUT2D eigenvalue weighted by Gasteiger charge is 2.20. The summed E-state index contributed by atoms with van der Waals surface area (Å²) >= 11 is 1.20. The summed E-state index contributed by atoms with van der Waals surface area (Å²) < 4.78 is 1.84. The van der Waals surface area contributed by atoms with Crippen LogP contribution in [0.5, 0.6) is 0 Å². The van der Waals surface area contributed by atoms with Crippen molar-refractivity contribution < 1.29 is 14.5 Å². The van der Waals surface area contributed by atoms with Gasteiger partial charge in [-0.3, -0.25) is 19.7 Å². The van der Waals surface area contributed by atoms with Crippen molar-refractivity contribution in [3.05, 3.63) is 75.1 Å². The van der Waals surface area contributed by atoms with Crippen molar-refractivity contribution in [1.29, 1.82) is 0 Å². The molecule has 0 spiro atoms. The molecule has 0 saturated heterocycles. The molecular weight excluding hydrogens is 456 g/mol. The van der Waals surface area contributed by atoms with E-state index in [2.05, 4.69) is 20.8 Å². The van der Waals surface area contributed by atoms with Gasteiger partial charge in [0.05, 0.1) is 22.4 Å². The minimum atomic E-state index is -0.506. The third-order valence-electron chi connectivity index (χ3n) is 5.12. The third-order valence-corrected chi connectivity index (χ3v) is 6.08. The van der Waals surface area contributed by atoms with Crippen molar-refractivity contribution in [2.75, 3.05) is 11.1 Å². The van der Waals surface area contributed by atoms with Crippen LogP contribution < -0.4 is 10.6 Å². The maximum absolute atomic E-state index is 12.6. The summed E-state index contributed by atoms with van der Waals surface area (Å²) in [5, 5.41) is 25.6. The fourth-order valence-corrected chi connectivity index (χ4v) is 4.14. The first-order valence-electron chi connectivity index (χ1n) is 10.7. The van der Waals surface area contributed by atoms with E-state index in [1.165, 1.54) is 23.9 Å². The highest BCUT2D eigenvalue weighted by atomic mass is 32.2. The molecule has 11 heteroatoms. The molecule has 0 aliphatic heterocycles. The number of anilines is 1. The third kappa shape index (κ3) is 5.98. The van der Waals surface area contributed by atoms with Crippen LogP contribution in [0.1, 0.15) is 47.2 Å². The van der Waals surface area contributed by atoms with E-state index in [-0.39, 0.29) is 23.3 Å². The highest BCUT2D eigenvalue weighted by Crippen LogP contribution is 2.24. The number of non-ortho nitro benzene ring substituents is 1. The lowest BCUT2D eigenvalue weighted by Gasteiger charge is -2.15. The van der Waals surface area contributed by atoms with Crippen LogP contribution in [-0.2, 0) is 11.3 Å². The Kier molecular flexibility index (Phi) is 8.00. The van der Waals surface area contributed by atoms with Crippen LogP contribution in [0.15, 0.2) is 47.6 Å². The molecule has 1 atom stereocenters. The predicted octanol–water partition coefficient (Wildman–Crippen LogP) is 4.04. The summed E-state index contributed by atoms with van der Waals surface area (Å²) in [7, 11) is 0. The molecule has 178 valence electrons. The number of carbonyl (C=O) groups is 2. The number of nitrogens with zero attached hydrogens (tertiary/aromatic N) is 4. The first-order valence-corrected chi connectivity index (χ1v) is 11.7. The molecule has 1 heterocycles. The molecule has 10 nitrogen and oxygen atoms in total. The first-order chi connectivity index (χ1) is 16.2. The molecule has 0 aliphatic rings. The zero-order chi connectivity index (χ0) is 24.8. The molecule has 0 unspecified atom stereocenters. The fraction of sp³-hybridized carbons (Fsp3) is 0.304. The maximum Gasteiger partial charge on any atom is 0.271 e. The zero-order valence-corrected chi connectivity index (χ0v) is 20.2. The van der Waals surface area contributed by atoms with Gasteiger partial charge < -0.3 is 15.2 Å². The summed E-state index contributed by atoms with van der Waals surface area (Å²) in [5.74, 6) is 0.106. The van der Waals surface area contributed by atoms with Gasteiger partial charge in [0.15, 0.2) is 11.0 Å². The average Bonchev–Trinajstić information content (AvgIpc) is 3.22. The Hall–Kier alpha value is -3.73. The van der Waals surface area contributed by atoms with E-state index in [0.29, 0.717) is 28.8 Å². The summed E-state index contributed by atoms with van der Waals surface area (Å²) in [6.07, 6.45) is 0. The molecule has 1 aromatic heterocycles. The van der Waals surface area contributed by atoms with Gasteiger partial charge in [0, 0.05) is 24.2 Å². The Bertz CT molecular complexity index is 1230. The van der Waals surface area contributed by atoms with Crippen LogP contribution in [0, 0.1) is 24.0 Å². The smallest absolute Gasteiger partial charge is 0.271 e. The molecule has 0 bridgehead atoms. The zero-order valence-electron chi connectivity index (χ0n) is 19.4. The summed E-state index contributed by atoms with van der Waals surface area (Å²) in [6, 6.07) is 11.3. The molecule has 3 aromatic rings. The maximum atomic E-state index is 12.6. The predicted molar refractivity (Wildman–Crippen MR) is 130 cm³/mol. The number of hydrogen-bond acceptors (Lipinski definition) is 7. The van der Waals surface area contributed by atoms with Gasteiger partial charge in [-0.1, -0.05) is 35.5 Å². The number of aromatic nitrogens is 3. The molecule has 2 N–H and O–H groups in total. The number of nitro groups is 1. The van der Waals surface area contributed by atoms with Gasteiger partial charge in [-0.2, -0.15) is 0 Å². The molecule has 2 aromatic carbocycles. The molecule has 0 aliphatic carbocycles. The van der Waals surface area contributed by atoms with Crippen LogP contribution >= 0.6 is 11.8 Å². The van der Waals surface area contributed by atoms with Crippen LogP contribution in [-0.4, -0.2) is 37.3 Å². The van der Waals surface area contributed by atoms with E-state index in [0.717, 1.165) is 11.1 Å². The van der Waals surface area contributed by atoms with Crippen molar-refractivity contribution in [2.45, 2.75) is 45.4 Å². The van der Waals surface area contributed by atoms with Gasteiger partial charge in [-0.25, -0.2) is 0 Å². The lowest BCUT2D eigenvalue weighted by molar-refractivity contribution is -0.384. The largest absolute Gasteiger partial charge is 0.342 e. The molecule has 0 fully saturated rings. The van der Waals surface area contributed by atoms with Gasteiger partial charge in [-0.05, 0) is 45.4 Å². The van der Waals surface area contributed by atoms with E-state index in [9.17, 15) is 19.7 Å². The number of nitro benzene ring substituents is 1. The van der Waals surface area contributed by atoms with Gasteiger partial charge in [0.2, 0.25) is 5.91 Å². The Labute approximate surface area is 201 Å². The van der Waals surface area contributed by atoms with Crippen LogP contribution in [0.3, 0.4) is 0 Å². The number of amides is 2. The SMILES string of the molecule is CCn1c(SCC(=O)Nc2cc([N+](=O)[O-])ccc2C)nnc1[C@@H](C)NC(=O)c1cccc(C)c1. The minimum absolute atomic E-state index is 0.0459. The summed E-state index contributed by atoms with van der Waals surface area (Å²) in [5.41, 5.74) is 2.59. The Balaban J connectivity index is 1.65. The van der Waals surface area contributed by atoms with Crippen molar-refractivity contribution in [2.24, 2.45) is 0 Å². The molecule has 0 saturated carbocycles. The van der Waals surface area contributed by atoms with E-state index < -0.39 is 11.0 Å². The topological polar surface area (TPSA) is 132 Å². The van der Waals surface area contributed by atoms with Crippen molar-refractivity contribution in [3.63, 3.8) is 0 Å². The number of hydrogen-bond donors (Lipinski definition) is 2. The number of carbonyl (C=O) groups excluding carboxylic acids is 2. The van der Waals surface area contributed by atoms with Gasteiger partial charge >= 0.3 is 0 Å². The first kappa shape index (κ1) is 24.9. The molecule has 34 heavy (non-hydrogen) atoms. The quantitative estimate of drug-likeness (QED) is 0.267. The fourth-order valence-electron chi connectivity index (χ4n) is 3.33. The summed E-state index contributed by atoms with van der Waals surface area (Å²) in [6.45, 7) is 8.00. The normalized spacial score (nSPS) is 11.6. The second-order valence-corrected chi connectivity index (χ2v) is 8.69. The number of benzene rings is 2. The summed E-state index contributed by atoms with van der Waals surface area (Å²) in [4.78, 5) is 35.6. The Morgan fingerprint density at radius 1 is 1.18 bits per heavy atom. The Morgan fingerprint density at radius 3 is 2.62 bits per heavy atom. The van der Waals surface area contributed by atoms with Crippen LogP contribution in [0.2, 0.25) is 0 Å². The average molecular weight is 483 g/mol. The van der Waals surface area contributed by atoms with Gasteiger partial charge in [0.25, 0.3) is 11.6 Å². The molecule has 0 radical (unpaired) electrons. The van der Waals surface area contributed by atoms with Crippen molar-refractivity contribution >= 4 is 35.0 Å². The van der Waals surface area contributed by atoms with Crippen LogP contribution in [0.25, 0.3) is 0 Å². The van der Waals surface area contributed by atoms with E-state index >= 15 is 0 Å². The van der Waals surface area contributed by atoms with E-state index in [1.54, 1.807) is 19.1 Å². The van der Waals surface area contributed by atoms with Crippen molar-refractivity contribution in [1.82, 2.24) is 20.1 Å². The van der Waals surface area contributed by atoms with Crippen LogP contribution in [0.4, 0.5) is 11.4 Å². The second-order valence-electron chi connectivity index (χ2n) is 7.74. The molecule has 3 rings (SSSR count). The van der Waals surface area contributed by atoms with E-state index in [4.69, 9.17) is 0 Å². The highest BCUT2D eigenvalue weighted by molar-refractivity contribution is 7.99. The lowest BCUT2D eigenvalue weighted by Crippen LogP contribution is -2.28. The van der Waals surface area contributed by atoms with Gasteiger partial charge in [0.1, 0.15) is 0 Å². The standard InChI is InChI=1S/C23H26N6O4S/c1-5-28-21(16(4)24-22(31)17-8-6-7-14(2)11-17)26-27-23(28)34-13-20(30)25-19-12-18(29(32)33)10-9-15(19)3/h6-12,16H,5,13H2,1-4H3,(H,24,31)(H,25,30)/t16-/m1/s1. The lowest BCUT2D eigenvalue weighted by atomic mass is 10.1.